The summed E-state index contributed by atoms with van der Waals surface area (Å²) in [7, 11) is -3.74. The molecule has 1 aromatic rings. The van der Waals surface area contributed by atoms with Gasteiger partial charge in [0.2, 0.25) is 10.0 Å². The predicted octanol–water partition coefficient (Wildman–Crippen LogP) is 0.988. The lowest BCUT2D eigenvalue weighted by molar-refractivity contribution is -0.137. The number of rotatable bonds is 4. The lowest BCUT2D eigenvalue weighted by atomic mass is 10.2. The third-order valence-corrected chi connectivity index (χ3v) is 4.35. The van der Waals surface area contributed by atoms with Crippen LogP contribution in [0, 0.1) is 11.3 Å². The van der Waals surface area contributed by atoms with E-state index in [1.54, 1.807) is 26.0 Å². The van der Waals surface area contributed by atoms with Gasteiger partial charge in [-0.3, -0.25) is 0 Å². The minimum Gasteiger partial charge on any atom is -0.348 e. The van der Waals surface area contributed by atoms with Gasteiger partial charge in [0, 0.05) is 6.54 Å². The Morgan fingerprint density at radius 1 is 1.45 bits per heavy atom. The molecule has 1 unspecified atom stereocenters. The van der Waals surface area contributed by atoms with E-state index < -0.39 is 15.8 Å². The fourth-order valence-electron chi connectivity index (χ4n) is 1.94. The second kappa shape index (κ2) is 5.50. The summed E-state index contributed by atoms with van der Waals surface area (Å²) in [5.41, 5.74) is 0.115. The fourth-order valence-corrected chi connectivity index (χ4v) is 3.16. The van der Waals surface area contributed by atoms with Crippen LogP contribution in [-0.4, -0.2) is 33.5 Å². The van der Waals surface area contributed by atoms with Crippen molar-refractivity contribution in [3.8, 4) is 6.07 Å². The van der Waals surface area contributed by atoms with Crippen molar-refractivity contribution in [2.24, 2.45) is 0 Å². The summed E-state index contributed by atoms with van der Waals surface area (Å²) >= 11 is 0. The van der Waals surface area contributed by atoms with E-state index in [2.05, 4.69) is 4.72 Å². The zero-order valence-electron chi connectivity index (χ0n) is 11.3. The monoisotopic (exact) mass is 296 g/mol. The Labute approximate surface area is 118 Å². The number of sulfonamides is 1. The van der Waals surface area contributed by atoms with E-state index in [4.69, 9.17) is 14.7 Å². The first-order valence-corrected chi connectivity index (χ1v) is 7.63. The van der Waals surface area contributed by atoms with Crippen LogP contribution in [0.3, 0.4) is 0 Å². The molecule has 1 atom stereocenters. The van der Waals surface area contributed by atoms with Crippen LogP contribution in [0.15, 0.2) is 29.2 Å². The molecule has 1 aliphatic rings. The van der Waals surface area contributed by atoms with Crippen molar-refractivity contribution in [1.29, 1.82) is 5.26 Å². The van der Waals surface area contributed by atoms with Crippen LogP contribution >= 0.6 is 0 Å². The van der Waals surface area contributed by atoms with E-state index in [0.29, 0.717) is 6.61 Å². The smallest absolute Gasteiger partial charge is 0.241 e. The first-order valence-electron chi connectivity index (χ1n) is 6.15. The molecule has 0 aromatic heterocycles. The molecule has 6 nitrogen and oxygen atoms in total. The first-order chi connectivity index (χ1) is 9.34. The molecule has 0 spiro atoms. The van der Waals surface area contributed by atoms with Crippen LogP contribution < -0.4 is 4.72 Å². The second-order valence-corrected chi connectivity index (χ2v) is 6.65. The molecule has 108 valence electrons. The minimum atomic E-state index is -3.74. The summed E-state index contributed by atoms with van der Waals surface area (Å²) in [5.74, 6) is -0.694. The Morgan fingerprint density at radius 2 is 2.15 bits per heavy atom. The molecule has 0 radical (unpaired) electrons. The van der Waals surface area contributed by atoms with Crippen LogP contribution in [0.2, 0.25) is 0 Å². The van der Waals surface area contributed by atoms with Crippen LogP contribution in [0.1, 0.15) is 19.4 Å². The molecular weight excluding hydrogens is 280 g/mol. The molecule has 1 heterocycles. The van der Waals surface area contributed by atoms with Crippen molar-refractivity contribution in [2.75, 3.05) is 13.2 Å². The van der Waals surface area contributed by atoms with Crippen molar-refractivity contribution >= 4 is 10.0 Å². The highest BCUT2D eigenvalue weighted by Crippen LogP contribution is 2.22. The molecule has 20 heavy (non-hydrogen) atoms. The molecule has 1 N–H and O–H groups in total. The molecular formula is C13H16N2O4S. The van der Waals surface area contributed by atoms with E-state index in [-0.39, 0.29) is 23.1 Å². The van der Waals surface area contributed by atoms with Gasteiger partial charge in [0.25, 0.3) is 0 Å². The Balaban J connectivity index is 2.07. The van der Waals surface area contributed by atoms with Gasteiger partial charge in [0.1, 0.15) is 6.07 Å². The highest BCUT2D eigenvalue weighted by Gasteiger charge is 2.33. The lowest BCUT2D eigenvalue weighted by Gasteiger charge is -2.17. The number of ether oxygens (including phenoxy) is 2. The van der Waals surface area contributed by atoms with Gasteiger partial charge in [-0.2, -0.15) is 5.26 Å². The fraction of sp³-hybridized carbons (Fsp3) is 0.462. The summed E-state index contributed by atoms with van der Waals surface area (Å²) in [6, 6.07) is 7.93. The number of hydrogen-bond acceptors (Lipinski definition) is 5. The first kappa shape index (κ1) is 14.9. The third kappa shape index (κ3) is 3.35. The van der Waals surface area contributed by atoms with E-state index in [1.807, 2.05) is 6.07 Å². The van der Waals surface area contributed by atoms with Gasteiger partial charge in [-0.25, -0.2) is 13.1 Å². The molecule has 1 aliphatic heterocycles. The number of nitriles is 1. The summed E-state index contributed by atoms with van der Waals surface area (Å²) in [4.78, 5) is -0.0272. The van der Waals surface area contributed by atoms with Gasteiger partial charge >= 0.3 is 0 Å². The Hall–Kier alpha value is -1.46. The lowest BCUT2D eigenvalue weighted by Crippen LogP contribution is -2.34. The van der Waals surface area contributed by atoms with E-state index in [1.165, 1.54) is 12.1 Å². The summed E-state index contributed by atoms with van der Waals surface area (Å²) < 4.78 is 37.7. The second-order valence-electron chi connectivity index (χ2n) is 4.91. The molecule has 0 amide bonds. The Morgan fingerprint density at radius 3 is 2.75 bits per heavy atom. The molecule has 0 bridgehead atoms. The summed E-state index contributed by atoms with van der Waals surface area (Å²) in [6.45, 7) is 3.97. The number of hydrogen-bond donors (Lipinski definition) is 1. The number of nitrogens with zero attached hydrogens (tertiary/aromatic N) is 1. The van der Waals surface area contributed by atoms with Gasteiger partial charge in [0.05, 0.1) is 23.2 Å². The molecule has 1 aromatic carbocycles. The van der Waals surface area contributed by atoms with Gasteiger partial charge in [-0.15, -0.1) is 0 Å². The standard InChI is InChI=1S/C13H16N2O4S/c1-13(2)18-9-11(19-13)8-15-20(16,17)12-6-4-3-5-10(12)7-14/h3-6,11,15H,8-9H2,1-2H3. The van der Waals surface area contributed by atoms with Crippen molar-refractivity contribution in [3.05, 3.63) is 29.8 Å². The molecule has 0 aliphatic carbocycles. The SMILES string of the molecule is CC1(C)OCC(CNS(=O)(=O)c2ccccc2C#N)O1. The summed E-state index contributed by atoms with van der Waals surface area (Å²) in [5, 5.41) is 8.94. The molecule has 1 saturated heterocycles. The number of benzene rings is 1. The highest BCUT2D eigenvalue weighted by molar-refractivity contribution is 7.89. The van der Waals surface area contributed by atoms with Crippen LogP contribution in [0.25, 0.3) is 0 Å². The van der Waals surface area contributed by atoms with E-state index >= 15 is 0 Å². The van der Waals surface area contributed by atoms with Crippen LogP contribution in [-0.2, 0) is 19.5 Å². The van der Waals surface area contributed by atoms with Crippen LogP contribution in [0.5, 0.6) is 0 Å². The normalized spacial score (nSPS) is 21.6. The molecule has 1 fully saturated rings. The maximum atomic E-state index is 12.2. The van der Waals surface area contributed by atoms with E-state index in [9.17, 15) is 8.42 Å². The Kier molecular flexibility index (Phi) is 4.11. The average Bonchev–Trinajstić information content (AvgIpc) is 2.76. The van der Waals surface area contributed by atoms with Crippen molar-refractivity contribution in [2.45, 2.75) is 30.6 Å². The predicted molar refractivity (Wildman–Crippen MR) is 71.2 cm³/mol. The Bertz CT molecular complexity index is 634. The highest BCUT2D eigenvalue weighted by atomic mass is 32.2. The zero-order chi connectivity index (χ0) is 14.8. The quantitative estimate of drug-likeness (QED) is 0.895. The molecule has 7 heteroatoms. The van der Waals surface area contributed by atoms with Crippen molar-refractivity contribution in [1.82, 2.24) is 4.72 Å². The molecule has 2 rings (SSSR count). The van der Waals surface area contributed by atoms with Crippen molar-refractivity contribution < 1.29 is 17.9 Å². The zero-order valence-corrected chi connectivity index (χ0v) is 12.1. The molecule has 0 saturated carbocycles. The summed E-state index contributed by atoms with van der Waals surface area (Å²) in [6.07, 6.45) is -0.339. The van der Waals surface area contributed by atoms with Crippen LogP contribution in [0.4, 0.5) is 0 Å². The average molecular weight is 296 g/mol. The van der Waals surface area contributed by atoms with E-state index in [0.717, 1.165) is 0 Å². The topological polar surface area (TPSA) is 88.4 Å². The maximum absolute atomic E-state index is 12.2. The van der Waals surface area contributed by atoms with Gasteiger partial charge in [0.15, 0.2) is 5.79 Å². The van der Waals surface area contributed by atoms with Gasteiger partial charge in [-0.05, 0) is 26.0 Å². The largest absolute Gasteiger partial charge is 0.348 e. The minimum absolute atomic E-state index is 0.0272. The third-order valence-electron chi connectivity index (χ3n) is 2.87. The number of nitrogens with one attached hydrogen (secondary N) is 1. The maximum Gasteiger partial charge on any atom is 0.241 e. The van der Waals surface area contributed by atoms with Gasteiger partial charge in [-0.1, -0.05) is 12.1 Å². The van der Waals surface area contributed by atoms with Gasteiger partial charge < -0.3 is 9.47 Å². The van der Waals surface area contributed by atoms with Crippen molar-refractivity contribution in [3.63, 3.8) is 0 Å².